The van der Waals surface area contributed by atoms with Gasteiger partial charge in [-0.1, -0.05) is 39.0 Å². The molecule has 2 N–H and O–H groups in total. The Hall–Kier alpha value is -3.03. The minimum Gasteiger partial charge on any atom is -0.383 e. The molecular weight excluding hydrogens is 455 g/mol. The van der Waals surface area contributed by atoms with Gasteiger partial charge in [0.1, 0.15) is 0 Å². The van der Waals surface area contributed by atoms with Gasteiger partial charge in [0.25, 0.3) is 0 Å². The van der Waals surface area contributed by atoms with E-state index < -0.39 is 29.0 Å². The van der Waals surface area contributed by atoms with Gasteiger partial charge in [-0.25, -0.2) is 0 Å². The molecule has 2 aromatic rings. The average Bonchev–Trinajstić information content (AvgIpc) is 2.99. The van der Waals surface area contributed by atoms with Crippen LogP contribution in [0.3, 0.4) is 0 Å². The van der Waals surface area contributed by atoms with Gasteiger partial charge in [0.15, 0.2) is 0 Å². The Morgan fingerprint density at radius 3 is 2.14 bits per heavy atom. The third kappa shape index (κ3) is 5.02. The van der Waals surface area contributed by atoms with Crippen LogP contribution in [0.5, 0.6) is 0 Å². The van der Waals surface area contributed by atoms with Gasteiger partial charge in [-0.05, 0) is 62.9 Å². The number of nitrogens with zero attached hydrogens (tertiary/aromatic N) is 1. The molecule has 0 unspecified atom stereocenters. The van der Waals surface area contributed by atoms with Gasteiger partial charge in [0, 0.05) is 29.6 Å². The van der Waals surface area contributed by atoms with Crippen molar-refractivity contribution in [2.24, 2.45) is 17.3 Å². The molecule has 35 heavy (non-hydrogen) atoms. The maximum absolute atomic E-state index is 13.8. The lowest BCUT2D eigenvalue weighted by Gasteiger charge is -2.35. The van der Waals surface area contributed by atoms with E-state index in [0.29, 0.717) is 0 Å². The quantitative estimate of drug-likeness (QED) is 0.493. The van der Waals surface area contributed by atoms with Gasteiger partial charge in [-0.3, -0.25) is 9.59 Å². The lowest BCUT2D eigenvalue weighted by atomic mass is 9.69. The number of amides is 2. The molecule has 5 nitrogen and oxygen atoms in total. The van der Waals surface area contributed by atoms with E-state index in [1.165, 1.54) is 6.07 Å². The Kier molecular flexibility index (Phi) is 7.25. The zero-order chi connectivity index (χ0) is 26.3. The van der Waals surface area contributed by atoms with Crippen LogP contribution in [0.15, 0.2) is 36.4 Å². The standard InChI is InChI=1S/C27H34F3N3O2/c1-15(2)26(14-33(24(34)19(26)7)23-17(5)9-8-10-18(23)6)25(35)32-22-12-20(27(28,29)30)11-21(13-22)31-16(3)4/h8-13,15-16,19,31H,14H2,1-7H3,(H,32,35)/t19-,26+/m1/s1. The second kappa shape index (κ2) is 9.55. The van der Waals surface area contributed by atoms with Crippen LogP contribution in [0.1, 0.15) is 51.3 Å². The summed E-state index contributed by atoms with van der Waals surface area (Å²) < 4.78 is 40.7. The van der Waals surface area contributed by atoms with E-state index >= 15 is 0 Å². The van der Waals surface area contributed by atoms with Gasteiger partial charge in [-0.2, -0.15) is 13.2 Å². The number of para-hydroxylation sites is 1. The summed E-state index contributed by atoms with van der Waals surface area (Å²) in [7, 11) is 0. The van der Waals surface area contributed by atoms with E-state index in [1.807, 2.05) is 59.7 Å². The molecule has 1 aliphatic rings. The van der Waals surface area contributed by atoms with Crippen molar-refractivity contribution >= 4 is 28.9 Å². The summed E-state index contributed by atoms with van der Waals surface area (Å²) in [6, 6.07) is 9.11. The third-order valence-electron chi connectivity index (χ3n) is 6.96. The Bertz CT molecular complexity index is 1110. The molecular formula is C27H34F3N3O2. The highest BCUT2D eigenvalue weighted by Crippen LogP contribution is 2.47. The smallest absolute Gasteiger partial charge is 0.383 e. The van der Waals surface area contributed by atoms with E-state index in [2.05, 4.69) is 10.6 Å². The maximum atomic E-state index is 13.8. The minimum atomic E-state index is -4.57. The van der Waals surface area contributed by atoms with Crippen LogP contribution in [0.4, 0.5) is 30.2 Å². The van der Waals surface area contributed by atoms with Crippen LogP contribution in [-0.4, -0.2) is 24.4 Å². The van der Waals surface area contributed by atoms with Crippen molar-refractivity contribution in [2.45, 2.75) is 60.7 Å². The first-order valence-electron chi connectivity index (χ1n) is 11.9. The fourth-order valence-corrected chi connectivity index (χ4v) is 5.09. The molecule has 0 aromatic heterocycles. The highest BCUT2D eigenvalue weighted by atomic mass is 19.4. The number of nitrogens with one attached hydrogen (secondary N) is 2. The highest BCUT2D eigenvalue weighted by molar-refractivity contribution is 6.08. The fraction of sp³-hybridized carbons (Fsp3) is 0.481. The van der Waals surface area contributed by atoms with Crippen LogP contribution in [0.25, 0.3) is 0 Å². The summed E-state index contributed by atoms with van der Waals surface area (Å²) in [5, 5.41) is 5.70. The lowest BCUT2D eigenvalue weighted by molar-refractivity contribution is -0.137. The Balaban J connectivity index is 2.02. The number of anilines is 3. The van der Waals surface area contributed by atoms with Crippen molar-refractivity contribution < 1.29 is 22.8 Å². The molecule has 190 valence electrons. The summed E-state index contributed by atoms with van der Waals surface area (Å²) >= 11 is 0. The Morgan fingerprint density at radius 1 is 1.06 bits per heavy atom. The second-order valence-corrected chi connectivity index (χ2v) is 10.1. The molecule has 1 fully saturated rings. The van der Waals surface area contributed by atoms with E-state index in [4.69, 9.17) is 0 Å². The van der Waals surface area contributed by atoms with Crippen LogP contribution >= 0.6 is 0 Å². The van der Waals surface area contributed by atoms with Crippen LogP contribution in [0.2, 0.25) is 0 Å². The van der Waals surface area contributed by atoms with Gasteiger partial charge < -0.3 is 15.5 Å². The van der Waals surface area contributed by atoms with Gasteiger partial charge >= 0.3 is 6.18 Å². The fourth-order valence-electron chi connectivity index (χ4n) is 5.09. The van der Waals surface area contributed by atoms with Crippen LogP contribution in [0, 0.1) is 31.1 Å². The molecule has 8 heteroatoms. The number of hydrogen-bond donors (Lipinski definition) is 2. The molecule has 0 bridgehead atoms. The topological polar surface area (TPSA) is 61.4 Å². The van der Waals surface area contributed by atoms with Gasteiger partial charge in [0.2, 0.25) is 11.8 Å². The van der Waals surface area contributed by atoms with E-state index in [-0.39, 0.29) is 35.8 Å². The van der Waals surface area contributed by atoms with E-state index in [1.54, 1.807) is 11.8 Å². The number of hydrogen-bond acceptors (Lipinski definition) is 3. The first kappa shape index (κ1) is 26.6. The molecule has 0 aliphatic carbocycles. The predicted molar refractivity (Wildman–Crippen MR) is 134 cm³/mol. The minimum absolute atomic E-state index is 0.0400. The molecule has 2 amide bonds. The van der Waals surface area contributed by atoms with E-state index in [9.17, 15) is 22.8 Å². The van der Waals surface area contributed by atoms with Crippen LogP contribution in [-0.2, 0) is 15.8 Å². The number of halogens is 3. The molecule has 1 heterocycles. The number of carbonyl (C=O) groups is 2. The Labute approximate surface area is 205 Å². The number of benzene rings is 2. The van der Waals surface area contributed by atoms with Gasteiger partial charge in [0.05, 0.1) is 16.9 Å². The van der Waals surface area contributed by atoms with Crippen molar-refractivity contribution in [1.82, 2.24) is 0 Å². The second-order valence-electron chi connectivity index (χ2n) is 10.1. The van der Waals surface area contributed by atoms with Crippen molar-refractivity contribution in [3.8, 4) is 0 Å². The van der Waals surface area contributed by atoms with Crippen molar-refractivity contribution in [1.29, 1.82) is 0 Å². The Morgan fingerprint density at radius 2 is 1.63 bits per heavy atom. The molecule has 0 spiro atoms. The molecule has 2 atom stereocenters. The predicted octanol–water partition coefficient (Wildman–Crippen LogP) is 6.41. The van der Waals surface area contributed by atoms with Crippen molar-refractivity contribution in [3.63, 3.8) is 0 Å². The number of aryl methyl sites for hydroxylation is 2. The van der Waals surface area contributed by atoms with Crippen LogP contribution < -0.4 is 15.5 Å². The zero-order valence-corrected chi connectivity index (χ0v) is 21.3. The molecule has 1 aliphatic heterocycles. The summed E-state index contributed by atoms with van der Waals surface area (Å²) in [5.74, 6) is -1.52. The molecule has 0 radical (unpaired) electrons. The molecule has 2 aromatic carbocycles. The monoisotopic (exact) mass is 489 g/mol. The number of carbonyl (C=O) groups excluding carboxylic acids is 2. The molecule has 0 saturated carbocycles. The normalized spacial score (nSPS) is 20.6. The average molecular weight is 490 g/mol. The van der Waals surface area contributed by atoms with Crippen molar-refractivity contribution in [2.75, 3.05) is 22.1 Å². The zero-order valence-electron chi connectivity index (χ0n) is 21.3. The highest BCUT2D eigenvalue weighted by Gasteiger charge is 2.57. The largest absolute Gasteiger partial charge is 0.416 e. The van der Waals surface area contributed by atoms with Crippen molar-refractivity contribution in [3.05, 3.63) is 53.1 Å². The molecule has 3 rings (SSSR count). The summed E-state index contributed by atoms with van der Waals surface area (Å²) in [6.45, 7) is 13.1. The number of rotatable bonds is 6. The third-order valence-corrected chi connectivity index (χ3v) is 6.96. The first-order valence-corrected chi connectivity index (χ1v) is 11.9. The first-order chi connectivity index (χ1) is 16.2. The summed E-state index contributed by atoms with van der Waals surface area (Å²) in [5.41, 5.74) is 0.952. The lowest BCUT2D eigenvalue weighted by Crippen LogP contribution is -2.46. The SMILES string of the molecule is Cc1cccc(C)c1N1C[C@](C(=O)Nc2cc(NC(C)C)cc(C(F)(F)F)c2)(C(C)C)[C@H](C)C1=O. The molecule has 1 saturated heterocycles. The maximum Gasteiger partial charge on any atom is 0.416 e. The van der Waals surface area contributed by atoms with Gasteiger partial charge in [-0.15, -0.1) is 0 Å². The number of alkyl halides is 3. The van der Waals surface area contributed by atoms with E-state index in [0.717, 1.165) is 28.9 Å². The summed E-state index contributed by atoms with van der Waals surface area (Å²) in [4.78, 5) is 28.9. The summed E-state index contributed by atoms with van der Waals surface area (Å²) in [6.07, 6.45) is -4.57.